The van der Waals surface area contributed by atoms with Crippen LogP contribution in [0, 0.1) is 17.0 Å². The van der Waals surface area contributed by atoms with E-state index in [1.807, 2.05) is 50.2 Å². The number of non-ortho nitro benzene ring substituents is 1. The third kappa shape index (κ3) is 5.73. The molecule has 1 aliphatic heterocycles. The van der Waals surface area contributed by atoms with E-state index in [-0.39, 0.29) is 23.6 Å². The Labute approximate surface area is 220 Å². The van der Waals surface area contributed by atoms with E-state index < -0.39 is 22.7 Å². The highest BCUT2D eigenvalue weighted by Crippen LogP contribution is 2.39. The van der Waals surface area contributed by atoms with Crippen LogP contribution in [0.3, 0.4) is 0 Å². The molecule has 0 spiro atoms. The van der Waals surface area contributed by atoms with E-state index in [1.165, 1.54) is 29.2 Å². The summed E-state index contributed by atoms with van der Waals surface area (Å²) in [7, 11) is 3.69. The van der Waals surface area contributed by atoms with Crippen LogP contribution in [0.4, 0.5) is 5.69 Å². The molecule has 196 valence electrons. The molecule has 1 amide bonds. The van der Waals surface area contributed by atoms with Crippen LogP contribution in [-0.2, 0) is 16.2 Å². The van der Waals surface area contributed by atoms with Gasteiger partial charge in [0, 0.05) is 30.8 Å². The Morgan fingerprint density at radius 2 is 1.74 bits per heavy atom. The van der Waals surface area contributed by atoms with E-state index in [4.69, 9.17) is 4.74 Å². The highest BCUT2D eigenvalue weighted by molar-refractivity contribution is 6.46. The molecule has 1 aliphatic rings. The maximum Gasteiger partial charge on any atom is 0.295 e. The molecule has 3 aromatic rings. The van der Waals surface area contributed by atoms with Crippen molar-refractivity contribution in [2.75, 3.05) is 27.2 Å². The lowest BCUT2D eigenvalue weighted by atomic mass is 9.95. The number of hydrogen-bond acceptors (Lipinski definition) is 7. The molecule has 1 heterocycles. The third-order valence-corrected chi connectivity index (χ3v) is 6.36. The van der Waals surface area contributed by atoms with E-state index in [9.17, 15) is 24.8 Å². The normalized spacial score (nSPS) is 16.7. The van der Waals surface area contributed by atoms with Crippen LogP contribution < -0.4 is 4.74 Å². The molecule has 0 bridgehead atoms. The van der Waals surface area contributed by atoms with E-state index >= 15 is 0 Å². The average molecular weight is 516 g/mol. The van der Waals surface area contributed by atoms with Crippen molar-refractivity contribution >= 4 is 23.1 Å². The number of rotatable bonds is 9. The molecule has 1 N–H and O–H groups in total. The SMILES string of the molecule is Cc1cccc(COc2ccc(C(O)=C3C(=O)C(=O)N(CCN(C)C)C3c3ccc([N+](=O)[O-])cc3)cc2)c1. The molecule has 0 aromatic heterocycles. The number of nitrogens with zero attached hydrogens (tertiary/aromatic N) is 3. The number of aliphatic hydroxyl groups is 1. The van der Waals surface area contributed by atoms with Gasteiger partial charge in [0.2, 0.25) is 0 Å². The first-order valence-electron chi connectivity index (χ1n) is 12.1. The Bertz CT molecular complexity index is 1380. The molecule has 1 unspecified atom stereocenters. The van der Waals surface area contributed by atoms with Crippen LogP contribution in [0.15, 0.2) is 78.4 Å². The average Bonchev–Trinajstić information content (AvgIpc) is 3.15. The van der Waals surface area contributed by atoms with E-state index in [0.29, 0.717) is 30.0 Å². The van der Waals surface area contributed by atoms with Gasteiger partial charge >= 0.3 is 0 Å². The zero-order valence-corrected chi connectivity index (χ0v) is 21.5. The van der Waals surface area contributed by atoms with Crippen LogP contribution >= 0.6 is 0 Å². The number of hydrogen-bond donors (Lipinski definition) is 1. The Morgan fingerprint density at radius 1 is 1.05 bits per heavy atom. The molecular formula is C29H29N3O6. The molecular weight excluding hydrogens is 486 g/mol. The second-order valence-corrected chi connectivity index (χ2v) is 9.45. The van der Waals surface area contributed by atoms with Crippen LogP contribution in [0.5, 0.6) is 5.75 Å². The molecule has 1 atom stereocenters. The lowest BCUT2D eigenvalue weighted by Crippen LogP contribution is -2.35. The first-order chi connectivity index (χ1) is 18.2. The second-order valence-electron chi connectivity index (χ2n) is 9.45. The summed E-state index contributed by atoms with van der Waals surface area (Å²) in [6.45, 7) is 3.12. The number of likely N-dealkylation sites (tertiary alicyclic amines) is 1. The van der Waals surface area contributed by atoms with E-state index in [1.54, 1.807) is 24.3 Å². The third-order valence-electron chi connectivity index (χ3n) is 6.36. The summed E-state index contributed by atoms with van der Waals surface area (Å²) in [4.78, 5) is 40.0. The van der Waals surface area contributed by atoms with Crippen molar-refractivity contribution in [3.63, 3.8) is 0 Å². The highest BCUT2D eigenvalue weighted by Gasteiger charge is 2.46. The number of carbonyl (C=O) groups is 2. The van der Waals surface area contributed by atoms with Gasteiger partial charge in [-0.15, -0.1) is 0 Å². The van der Waals surface area contributed by atoms with Gasteiger partial charge in [-0.3, -0.25) is 19.7 Å². The molecule has 1 saturated heterocycles. The van der Waals surface area contributed by atoms with Gasteiger partial charge in [0.15, 0.2) is 0 Å². The Kier molecular flexibility index (Phi) is 7.87. The Balaban J connectivity index is 1.66. The summed E-state index contributed by atoms with van der Waals surface area (Å²) < 4.78 is 5.85. The number of nitro benzene ring substituents is 1. The molecule has 3 aromatic carbocycles. The van der Waals surface area contributed by atoms with Crippen molar-refractivity contribution in [1.82, 2.24) is 9.80 Å². The summed E-state index contributed by atoms with van der Waals surface area (Å²) >= 11 is 0. The number of nitro groups is 1. The number of ether oxygens (including phenoxy) is 1. The number of ketones is 1. The van der Waals surface area contributed by atoms with Gasteiger partial charge in [0.1, 0.15) is 18.1 Å². The Hall–Kier alpha value is -4.50. The molecule has 1 fully saturated rings. The number of likely N-dealkylation sites (N-methyl/N-ethyl adjacent to an activating group) is 1. The predicted octanol–water partition coefficient (Wildman–Crippen LogP) is 4.47. The minimum atomic E-state index is -0.881. The van der Waals surface area contributed by atoms with Crippen LogP contribution in [0.25, 0.3) is 5.76 Å². The number of carbonyl (C=O) groups excluding carboxylic acids is 2. The fourth-order valence-corrected chi connectivity index (χ4v) is 4.38. The summed E-state index contributed by atoms with van der Waals surface area (Å²) in [6.07, 6.45) is 0. The van der Waals surface area contributed by atoms with Crippen molar-refractivity contribution in [2.45, 2.75) is 19.6 Å². The summed E-state index contributed by atoms with van der Waals surface area (Å²) in [5.74, 6) is -1.26. The topological polar surface area (TPSA) is 113 Å². The van der Waals surface area contributed by atoms with Gasteiger partial charge < -0.3 is 19.6 Å². The predicted molar refractivity (Wildman–Crippen MR) is 143 cm³/mol. The first kappa shape index (κ1) is 26.6. The molecule has 0 saturated carbocycles. The Morgan fingerprint density at radius 3 is 2.34 bits per heavy atom. The van der Waals surface area contributed by atoms with Gasteiger partial charge in [-0.25, -0.2) is 0 Å². The molecule has 9 heteroatoms. The minimum absolute atomic E-state index is 0.0592. The van der Waals surface area contributed by atoms with Crippen LogP contribution in [-0.4, -0.2) is 58.7 Å². The van der Waals surface area contributed by atoms with E-state index in [0.717, 1.165) is 11.1 Å². The van der Waals surface area contributed by atoms with Crippen molar-refractivity contribution in [3.05, 3.63) is 111 Å². The zero-order valence-electron chi connectivity index (χ0n) is 21.5. The number of aliphatic hydroxyl groups excluding tert-OH is 1. The number of amides is 1. The molecule has 9 nitrogen and oxygen atoms in total. The first-order valence-corrected chi connectivity index (χ1v) is 12.1. The lowest BCUT2D eigenvalue weighted by Gasteiger charge is -2.26. The smallest absolute Gasteiger partial charge is 0.295 e. The lowest BCUT2D eigenvalue weighted by molar-refractivity contribution is -0.384. The van der Waals surface area contributed by atoms with Crippen molar-refractivity contribution in [1.29, 1.82) is 0 Å². The fourth-order valence-electron chi connectivity index (χ4n) is 4.38. The van der Waals surface area contributed by atoms with Gasteiger partial charge in [-0.2, -0.15) is 0 Å². The highest BCUT2D eigenvalue weighted by atomic mass is 16.6. The molecule has 4 rings (SSSR count). The van der Waals surface area contributed by atoms with Gasteiger partial charge in [-0.1, -0.05) is 29.8 Å². The summed E-state index contributed by atoms with van der Waals surface area (Å²) in [5.41, 5.74) is 2.84. The minimum Gasteiger partial charge on any atom is -0.507 e. The maximum atomic E-state index is 13.1. The monoisotopic (exact) mass is 515 g/mol. The van der Waals surface area contributed by atoms with Gasteiger partial charge in [0.25, 0.3) is 17.4 Å². The van der Waals surface area contributed by atoms with Crippen molar-refractivity contribution in [3.8, 4) is 5.75 Å². The quantitative estimate of drug-likeness (QED) is 0.147. The molecule has 0 aliphatic carbocycles. The molecule has 38 heavy (non-hydrogen) atoms. The van der Waals surface area contributed by atoms with Gasteiger partial charge in [-0.05, 0) is 68.5 Å². The zero-order chi connectivity index (χ0) is 27.4. The van der Waals surface area contributed by atoms with E-state index in [2.05, 4.69) is 0 Å². The summed E-state index contributed by atoms with van der Waals surface area (Å²) in [5, 5.41) is 22.4. The van der Waals surface area contributed by atoms with Crippen LogP contribution in [0.1, 0.15) is 28.3 Å². The second kappa shape index (κ2) is 11.3. The number of benzene rings is 3. The number of Topliss-reactive ketones (excluding diaryl/α,β-unsaturated/α-hetero) is 1. The fraction of sp³-hybridized carbons (Fsp3) is 0.241. The molecule has 0 radical (unpaired) electrons. The summed E-state index contributed by atoms with van der Waals surface area (Å²) in [6, 6.07) is 19.4. The largest absolute Gasteiger partial charge is 0.507 e. The van der Waals surface area contributed by atoms with Crippen molar-refractivity contribution in [2.24, 2.45) is 0 Å². The van der Waals surface area contributed by atoms with Gasteiger partial charge in [0.05, 0.1) is 16.5 Å². The maximum absolute atomic E-state index is 13.1. The number of aryl methyl sites for hydroxylation is 1. The van der Waals surface area contributed by atoms with Crippen molar-refractivity contribution < 1.29 is 24.4 Å². The van der Waals surface area contributed by atoms with Crippen LogP contribution in [0.2, 0.25) is 0 Å². The standard InChI is InChI=1S/C29H29N3O6/c1-19-5-4-6-20(17-19)18-38-24-13-9-22(10-14-24)27(33)25-26(21-7-11-23(12-8-21)32(36)37)31(16-15-30(2)3)29(35)28(25)34/h4-14,17,26,33H,15-16,18H2,1-3H3.